The van der Waals surface area contributed by atoms with Crippen LogP contribution in [-0.2, 0) is 17.6 Å². The number of aryl methyl sites for hydroxylation is 2. The van der Waals surface area contributed by atoms with Gasteiger partial charge in [0, 0.05) is 18.4 Å². The van der Waals surface area contributed by atoms with Crippen LogP contribution in [0.5, 0.6) is 5.75 Å². The number of hydrogen-bond acceptors (Lipinski definition) is 4. The molecular formula is C22H25N3O2. The first kappa shape index (κ1) is 20.1. The van der Waals surface area contributed by atoms with Gasteiger partial charge in [0.1, 0.15) is 17.4 Å². The molecule has 1 amide bonds. The summed E-state index contributed by atoms with van der Waals surface area (Å²) in [4.78, 5) is 12.4. The van der Waals surface area contributed by atoms with Crippen molar-refractivity contribution in [3.05, 3.63) is 70.9 Å². The lowest BCUT2D eigenvalue weighted by Gasteiger charge is -2.12. The van der Waals surface area contributed by atoms with E-state index in [1.165, 1.54) is 6.20 Å². The van der Waals surface area contributed by atoms with Crippen molar-refractivity contribution < 1.29 is 9.53 Å². The van der Waals surface area contributed by atoms with Crippen LogP contribution in [0.25, 0.3) is 0 Å². The molecule has 5 nitrogen and oxygen atoms in total. The number of carbonyl (C=O) groups excluding carboxylic acids is 1. The Morgan fingerprint density at radius 3 is 2.59 bits per heavy atom. The fourth-order valence-corrected chi connectivity index (χ4v) is 2.71. The summed E-state index contributed by atoms with van der Waals surface area (Å²) < 4.78 is 5.14. The van der Waals surface area contributed by atoms with Crippen molar-refractivity contribution in [1.29, 1.82) is 5.26 Å². The number of carbonyl (C=O) groups is 1. The molecule has 0 saturated heterocycles. The highest BCUT2D eigenvalue weighted by Crippen LogP contribution is 2.21. The van der Waals surface area contributed by atoms with Crippen LogP contribution in [0.4, 0.5) is 5.69 Å². The molecule has 2 rings (SSSR count). The molecule has 0 aliphatic heterocycles. The molecule has 5 heteroatoms. The van der Waals surface area contributed by atoms with Gasteiger partial charge in [-0.3, -0.25) is 4.79 Å². The van der Waals surface area contributed by atoms with E-state index in [0.717, 1.165) is 41.0 Å². The van der Waals surface area contributed by atoms with Crippen LogP contribution in [0.3, 0.4) is 0 Å². The summed E-state index contributed by atoms with van der Waals surface area (Å²) in [5.74, 6) is 0.413. The Balaban J connectivity index is 1.95. The maximum absolute atomic E-state index is 12.4. The molecule has 0 saturated carbocycles. The predicted octanol–water partition coefficient (Wildman–Crippen LogP) is 3.74. The van der Waals surface area contributed by atoms with Gasteiger partial charge in [-0.15, -0.1) is 0 Å². The van der Waals surface area contributed by atoms with Crippen molar-refractivity contribution >= 4 is 11.6 Å². The third kappa shape index (κ3) is 5.61. The van der Waals surface area contributed by atoms with Crippen LogP contribution in [0.2, 0.25) is 0 Å². The summed E-state index contributed by atoms with van der Waals surface area (Å²) in [5, 5.41) is 15.2. The third-order valence-electron chi connectivity index (χ3n) is 4.31. The van der Waals surface area contributed by atoms with Crippen LogP contribution in [-0.4, -0.2) is 19.6 Å². The normalized spacial score (nSPS) is 10.8. The fourth-order valence-electron chi connectivity index (χ4n) is 2.71. The first-order chi connectivity index (χ1) is 13.1. The minimum absolute atomic E-state index is 0.0510. The van der Waals surface area contributed by atoms with Crippen molar-refractivity contribution in [3.8, 4) is 11.8 Å². The van der Waals surface area contributed by atoms with E-state index in [1.54, 1.807) is 7.11 Å². The van der Waals surface area contributed by atoms with Crippen LogP contribution in [0.1, 0.15) is 23.6 Å². The minimum atomic E-state index is -0.404. The number of anilines is 1. The summed E-state index contributed by atoms with van der Waals surface area (Å²) in [6, 6.07) is 15.7. The number of nitrogens with one attached hydrogen (secondary N) is 2. The number of methoxy groups -OCH3 is 1. The van der Waals surface area contributed by atoms with Crippen molar-refractivity contribution in [2.24, 2.45) is 0 Å². The average Bonchev–Trinajstić information content (AvgIpc) is 2.69. The molecule has 0 aliphatic carbocycles. The Bertz CT molecular complexity index is 849. The van der Waals surface area contributed by atoms with E-state index < -0.39 is 5.91 Å². The molecule has 0 bridgehead atoms. The van der Waals surface area contributed by atoms with Gasteiger partial charge < -0.3 is 15.4 Å². The van der Waals surface area contributed by atoms with Crippen molar-refractivity contribution in [2.45, 2.75) is 26.7 Å². The zero-order valence-electron chi connectivity index (χ0n) is 16.0. The molecule has 0 fully saturated rings. The van der Waals surface area contributed by atoms with Crippen LogP contribution in [0, 0.1) is 18.3 Å². The highest BCUT2D eigenvalue weighted by molar-refractivity contribution is 6.07. The van der Waals surface area contributed by atoms with E-state index >= 15 is 0 Å². The molecule has 27 heavy (non-hydrogen) atoms. The SMILES string of the molecule is CCc1cccc(C)c1NC(=O)/C(C#N)=C\NCCc1ccc(OC)cc1. The number of rotatable bonds is 8. The summed E-state index contributed by atoms with van der Waals surface area (Å²) in [7, 11) is 1.64. The molecule has 2 N–H and O–H groups in total. The van der Waals surface area contributed by atoms with Gasteiger partial charge in [-0.05, 0) is 48.6 Å². The molecule has 0 unspecified atom stereocenters. The van der Waals surface area contributed by atoms with Gasteiger partial charge in [0.2, 0.25) is 0 Å². The van der Waals surface area contributed by atoms with Crippen LogP contribution in [0.15, 0.2) is 54.2 Å². The molecule has 140 valence electrons. The lowest BCUT2D eigenvalue weighted by atomic mass is 10.1. The monoisotopic (exact) mass is 363 g/mol. The number of benzene rings is 2. The largest absolute Gasteiger partial charge is 0.497 e. The molecule has 0 aliphatic rings. The van der Waals surface area contributed by atoms with E-state index in [9.17, 15) is 10.1 Å². The molecule has 0 radical (unpaired) electrons. The van der Waals surface area contributed by atoms with Gasteiger partial charge >= 0.3 is 0 Å². The molecule has 0 atom stereocenters. The minimum Gasteiger partial charge on any atom is -0.497 e. The van der Waals surface area contributed by atoms with E-state index in [1.807, 2.05) is 62.4 Å². The van der Waals surface area contributed by atoms with Gasteiger partial charge in [-0.1, -0.05) is 37.3 Å². The molecule has 2 aromatic rings. The highest BCUT2D eigenvalue weighted by Gasteiger charge is 2.12. The Labute approximate surface area is 160 Å². The van der Waals surface area contributed by atoms with Gasteiger partial charge in [-0.2, -0.15) is 5.26 Å². The summed E-state index contributed by atoms with van der Waals surface area (Å²) >= 11 is 0. The first-order valence-corrected chi connectivity index (χ1v) is 8.95. The van der Waals surface area contributed by atoms with E-state index in [-0.39, 0.29) is 5.57 Å². The zero-order valence-corrected chi connectivity index (χ0v) is 16.0. The van der Waals surface area contributed by atoms with E-state index in [2.05, 4.69) is 10.6 Å². The lowest BCUT2D eigenvalue weighted by Crippen LogP contribution is -2.19. The molecular weight excluding hydrogens is 338 g/mol. The van der Waals surface area contributed by atoms with Crippen LogP contribution >= 0.6 is 0 Å². The molecule has 0 spiro atoms. The van der Waals surface area contributed by atoms with Gasteiger partial charge in [0.25, 0.3) is 5.91 Å². The van der Waals surface area contributed by atoms with Crippen molar-refractivity contribution in [3.63, 3.8) is 0 Å². The quantitative estimate of drug-likeness (QED) is 0.426. The van der Waals surface area contributed by atoms with Crippen LogP contribution < -0.4 is 15.4 Å². The second-order valence-electron chi connectivity index (χ2n) is 6.14. The highest BCUT2D eigenvalue weighted by atomic mass is 16.5. The van der Waals surface area contributed by atoms with Gasteiger partial charge in [0.05, 0.1) is 7.11 Å². The summed E-state index contributed by atoms with van der Waals surface area (Å²) in [6.07, 6.45) is 3.06. The fraction of sp³-hybridized carbons (Fsp3) is 0.273. The van der Waals surface area contributed by atoms with Gasteiger partial charge in [0.15, 0.2) is 0 Å². The predicted molar refractivity (Wildman–Crippen MR) is 108 cm³/mol. The Morgan fingerprint density at radius 1 is 1.22 bits per heavy atom. The maximum atomic E-state index is 12.4. The number of amides is 1. The number of para-hydroxylation sites is 1. The number of nitriles is 1. The second kappa shape index (κ2) is 10.0. The molecule has 2 aromatic carbocycles. The number of nitrogens with zero attached hydrogens (tertiary/aromatic N) is 1. The van der Waals surface area contributed by atoms with E-state index in [4.69, 9.17) is 4.74 Å². The second-order valence-corrected chi connectivity index (χ2v) is 6.14. The maximum Gasteiger partial charge on any atom is 0.267 e. The summed E-state index contributed by atoms with van der Waals surface area (Å²) in [6.45, 7) is 4.60. The number of hydrogen-bond donors (Lipinski definition) is 2. The smallest absolute Gasteiger partial charge is 0.267 e. The standard InChI is InChI=1S/C22H25N3O2/c1-4-18-7-5-6-16(2)21(18)25-22(26)19(14-23)15-24-13-12-17-8-10-20(27-3)11-9-17/h5-11,15,24H,4,12-13H2,1-3H3,(H,25,26)/b19-15-. The zero-order chi connectivity index (χ0) is 19.6. The van der Waals surface area contributed by atoms with Crippen molar-refractivity contribution in [1.82, 2.24) is 5.32 Å². The van der Waals surface area contributed by atoms with Gasteiger partial charge in [-0.25, -0.2) is 0 Å². The summed E-state index contributed by atoms with van der Waals surface area (Å²) in [5.41, 5.74) is 4.01. The average molecular weight is 363 g/mol. The lowest BCUT2D eigenvalue weighted by molar-refractivity contribution is -0.112. The Kier molecular flexibility index (Phi) is 7.45. The number of ether oxygens (including phenoxy) is 1. The van der Waals surface area contributed by atoms with Crippen molar-refractivity contribution in [2.75, 3.05) is 19.0 Å². The molecule has 0 heterocycles. The molecule has 0 aromatic heterocycles. The first-order valence-electron chi connectivity index (χ1n) is 8.95. The topological polar surface area (TPSA) is 74.2 Å². The van der Waals surface area contributed by atoms with E-state index in [0.29, 0.717) is 6.54 Å². The Morgan fingerprint density at radius 2 is 1.96 bits per heavy atom. The Hall–Kier alpha value is -3.26. The third-order valence-corrected chi connectivity index (χ3v) is 4.31.